The van der Waals surface area contributed by atoms with E-state index in [-0.39, 0.29) is 34.3 Å². The molecule has 0 bridgehead atoms. The molecule has 1 aliphatic heterocycles. The van der Waals surface area contributed by atoms with Gasteiger partial charge in [0.1, 0.15) is 5.82 Å². The summed E-state index contributed by atoms with van der Waals surface area (Å²) in [6.07, 6.45) is 1.50. The van der Waals surface area contributed by atoms with Gasteiger partial charge in [-0.15, -0.1) is 0 Å². The molecule has 27 heavy (non-hydrogen) atoms. The third-order valence-electron chi connectivity index (χ3n) is 4.06. The highest BCUT2D eigenvalue weighted by atomic mass is 32.2. The average Bonchev–Trinajstić information content (AvgIpc) is 2.64. The molecule has 0 spiro atoms. The van der Waals surface area contributed by atoms with Crippen LogP contribution in [0.2, 0.25) is 0 Å². The van der Waals surface area contributed by atoms with Gasteiger partial charge in [-0.25, -0.2) is 13.4 Å². The quantitative estimate of drug-likeness (QED) is 0.805. The van der Waals surface area contributed by atoms with Gasteiger partial charge in [0.25, 0.3) is 15.9 Å². The first-order valence-electron chi connectivity index (χ1n) is 8.25. The normalized spacial score (nSPS) is 15.6. The van der Waals surface area contributed by atoms with Gasteiger partial charge in [0, 0.05) is 24.8 Å². The summed E-state index contributed by atoms with van der Waals surface area (Å²) < 4.78 is 27.1. The third-order valence-corrected chi connectivity index (χ3v) is 5.91. The molecular formula is C18H20N4O4S. The molecule has 0 radical (unpaired) electrons. The van der Waals surface area contributed by atoms with Crippen molar-refractivity contribution >= 4 is 27.5 Å². The Morgan fingerprint density at radius 2 is 1.89 bits per heavy atom. The van der Waals surface area contributed by atoms with Crippen molar-refractivity contribution in [2.45, 2.75) is 4.90 Å². The lowest BCUT2D eigenvalue weighted by atomic mass is 10.1. The summed E-state index contributed by atoms with van der Waals surface area (Å²) in [6.45, 7) is 0.383. The summed E-state index contributed by atoms with van der Waals surface area (Å²) in [5, 5.41) is 13.3. The van der Waals surface area contributed by atoms with Crippen molar-refractivity contribution in [2.24, 2.45) is 0 Å². The molecule has 9 heteroatoms. The highest BCUT2D eigenvalue weighted by Gasteiger charge is 2.39. The number of hydrogen-bond acceptors (Lipinski definition) is 6. The van der Waals surface area contributed by atoms with Crippen LogP contribution in [-0.4, -0.2) is 60.8 Å². The van der Waals surface area contributed by atoms with Crippen LogP contribution in [0, 0.1) is 0 Å². The maximum atomic E-state index is 13.1. The number of carbonyl (C=O) groups excluding carboxylic acids is 1. The van der Waals surface area contributed by atoms with E-state index < -0.39 is 15.9 Å². The number of nitrogens with one attached hydrogen (secondary N) is 1. The van der Waals surface area contributed by atoms with E-state index in [4.69, 9.17) is 0 Å². The molecule has 0 fully saturated rings. The fourth-order valence-corrected chi connectivity index (χ4v) is 4.39. The number of pyridine rings is 1. The van der Waals surface area contributed by atoms with E-state index in [1.165, 1.54) is 18.3 Å². The van der Waals surface area contributed by atoms with Crippen molar-refractivity contribution in [1.29, 1.82) is 0 Å². The largest absolute Gasteiger partial charge is 0.505 e. The van der Waals surface area contributed by atoms with Crippen LogP contribution in [0.4, 0.5) is 5.82 Å². The monoisotopic (exact) mass is 388 g/mol. The summed E-state index contributed by atoms with van der Waals surface area (Å²) >= 11 is 0. The number of aliphatic hydroxyl groups is 1. The van der Waals surface area contributed by atoms with E-state index in [1.807, 2.05) is 0 Å². The first kappa shape index (κ1) is 18.9. The minimum atomic E-state index is -3.99. The van der Waals surface area contributed by atoms with Crippen LogP contribution in [0.5, 0.6) is 0 Å². The summed E-state index contributed by atoms with van der Waals surface area (Å²) in [5.41, 5.74) is -0.217. The second kappa shape index (κ2) is 7.37. The molecule has 1 aliphatic rings. The maximum Gasteiger partial charge on any atom is 0.277 e. The third kappa shape index (κ3) is 3.64. The molecule has 0 atom stereocenters. The van der Waals surface area contributed by atoms with Crippen LogP contribution >= 0.6 is 0 Å². The number of rotatable bonds is 5. The number of nitrogens with zero attached hydrogens (tertiary/aromatic N) is 3. The number of amides is 1. The predicted molar refractivity (Wildman–Crippen MR) is 101 cm³/mol. The summed E-state index contributed by atoms with van der Waals surface area (Å²) in [7, 11) is -0.404. The van der Waals surface area contributed by atoms with Crippen LogP contribution in [0.15, 0.2) is 59.3 Å². The standard InChI is InChI=1S/C18H20N4O4S/c1-21(2)11-12-22-16(18(24)20-15-9-5-6-10-19-15)17(23)13-7-3-4-8-14(13)27(22,25)26/h3-10,23H,11-12H2,1-2H3,(H,19,20,24). The zero-order valence-corrected chi connectivity index (χ0v) is 15.8. The number of aromatic nitrogens is 1. The van der Waals surface area contributed by atoms with E-state index >= 15 is 0 Å². The van der Waals surface area contributed by atoms with Crippen molar-refractivity contribution < 1.29 is 18.3 Å². The molecule has 1 aromatic carbocycles. The zero-order chi connectivity index (χ0) is 19.6. The molecule has 2 heterocycles. The van der Waals surface area contributed by atoms with Crippen LogP contribution in [-0.2, 0) is 14.8 Å². The Balaban J connectivity index is 2.09. The highest BCUT2D eigenvalue weighted by molar-refractivity contribution is 7.89. The summed E-state index contributed by atoms with van der Waals surface area (Å²) in [4.78, 5) is 18.6. The van der Waals surface area contributed by atoms with Crippen molar-refractivity contribution in [3.8, 4) is 0 Å². The van der Waals surface area contributed by atoms with Crippen molar-refractivity contribution in [1.82, 2.24) is 14.2 Å². The molecular weight excluding hydrogens is 368 g/mol. The number of likely N-dealkylation sites (N-methyl/N-ethyl adjacent to an activating group) is 1. The summed E-state index contributed by atoms with van der Waals surface area (Å²) in [6, 6.07) is 11.0. The number of carbonyl (C=O) groups is 1. The van der Waals surface area contributed by atoms with E-state index in [0.717, 1.165) is 4.31 Å². The van der Waals surface area contributed by atoms with Gasteiger partial charge in [-0.05, 0) is 38.4 Å². The molecule has 142 valence electrons. The van der Waals surface area contributed by atoms with Gasteiger partial charge < -0.3 is 15.3 Å². The molecule has 0 saturated heterocycles. The molecule has 3 rings (SSSR count). The van der Waals surface area contributed by atoms with E-state index in [2.05, 4.69) is 10.3 Å². The van der Waals surface area contributed by atoms with Crippen LogP contribution in [0.25, 0.3) is 5.76 Å². The molecule has 1 amide bonds. The van der Waals surface area contributed by atoms with E-state index in [9.17, 15) is 18.3 Å². The Kier molecular flexibility index (Phi) is 5.15. The van der Waals surface area contributed by atoms with E-state index in [1.54, 1.807) is 49.3 Å². The number of aliphatic hydroxyl groups excluding tert-OH is 1. The number of sulfonamides is 1. The molecule has 2 aromatic rings. The minimum Gasteiger partial charge on any atom is -0.505 e. The smallest absolute Gasteiger partial charge is 0.277 e. The van der Waals surface area contributed by atoms with Crippen LogP contribution in [0.3, 0.4) is 0 Å². The molecule has 8 nitrogen and oxygen atoms in total. The van der Waals surface area contributed by atoms with Gasteiger partial charge in [0.2, 0.25) is 0 Å². The lowest BCUT2D eigenvalue weighted by molar-refractivity contribution is -0.113. The zero-order valence-electron chi connectivity index (χ0n) is 15.0. The maximum absolute atomic E-state index is 13.1. The highest BCUT2D eigenvalue weighted by Crippen LogP contribution is 2.35. The topological polar surface area (TPSA) is 103 Å². The van der Waals surface area contributed by atoms with Gasteiger partial charge in [-0.2, -0.15) is 0 Å². The predicted octanol–water partition coefficient (Wildman–Crippen LogP) is 1.51. The Hall–Kier alpha value is -2.91. The first-order valence-corrected chi connectivity index (χ1v) is 9.69. The number of benzene rings is 1. The SMILES string of the molecule is CN(C)CCN1C(C(=O)Nc2ccccn2)=C(O)c2ccccc2S1(=O)=O. The number of fused-ring (bicyclic) bond motifs is 1. The Labute approximate surface area is 157 Å². The Morgan fingerprint density at radius 1 is 1.19 bits per heavy atom. The molecule has 0 unspecified atom stereocenters. The first-order chi connectivity index (χ1) is 12.8. The second-order valence-electron chi connectivity index (χ2n) is 6.24. The van der Waals surface area contributed by atoms with Crippen molar-refractivity contribution in [2.75, 3.05) is 32.5 Å². The second-order valence-corrected chi connectivity index (χ2v) is 8.07. The van der Waals surface area contributed by atoms with Gasteiger partial charge in [-0.1, -0.05) is 18.2 Å². The van der Waals surface area contributed by atoms with Crippen molar-refractivity contribution in [3.05, 3.63) is 59.9 Å². The van der Waals surface area contributed by atoms with Crippen LogP contribution < -0.4 is 5.32 Å². The van der Waals surface area contributed by atoms with Gasteiger partial charge >= 0.3 is 0 Å². The number of hydrogen-bond donors (Lipinski definition) is 2. The molecule has 0 saturated carbocycles. The van der Waals surface area contributed by atoms with Gasteiger partial charge in [0.15, 0.2) is 11.5 Å². The summed E-state index contributed by atoms with van der Waals surface area (Å²) in [5.74, 6) is -0.873. The average molecular weight is 388 g/mol. The van der Waals surface area contributed by atoms with Crippen LogP contribution in [0.1, 0.15) is 5.56 Å². The fourth-order valence-electron chi connectivity index (χ4n) is 2.73. The lowest BCUT2D eigenvalue weighted by Gasteiger charge is -2.32. The molecule has 0 aliphatic carbocycles. The number of anilines is 1. The van der Waals surface area contributed by atoms with Gasteiger partial charge in [-0.3, -0.25) is 9.10 Å². The Bertz CT molecular complexity index is 987. The minimum absolute atomic E-state index is 0.0126. The molecule has 2 N–H and O–H groups in total. The Morgan fingerprint density at radius 3 is 2.56 bits per heavy atom. The lowest BCUT2D eigenvalue weighted by Crippen LogP contribution is -2.43. The van der Waals surface area contributed by atoms with Crippen molar-refractivity contribution in [3.63, 3.8) is 0 Å². The fraction of sp³-hybridized carbons (Fsp3) is 0.222. The molecule has 1 aromatic heterocycles. The van der Waals surface area contributed by atoms with E-state index in [0.29, 0.717) is 6.54 Å². The van der Waals surface area contributed by atoms with Gasteiger partial charge in [0.05, 0.1) is 4.90 Å².